The number of rotatable bonds is 2. The maximum Gasteiger partial charge on any atom is 0.184 e. The van der Waals surface area contributed by atoms with Gasteiger partial charge in [0.1, 0.15) is 12.2 Å². The van der Waals surface area contributed by atoms with Crippen molar-refractivity contribution in [1.29, 1.82) is 0 Å². The van der Waals surface area contributed by atoms with Crippen LogP contribution in [0, 0.1) is 0 Å². The monoisotopic (exact) mass is 298 g/mol. The summed E-state index contributed by atoms with van der Waals surface area (Å²) in [6.45, 7) is 0.932. The van der Waals surface area contributed by atoms with Crippen LogP contribution in [0.4, 0.5) is 0 Å². The number of benzene rings is 2. The second kappa shape index (κ2) is 6.18. The van der Waals surface area contributed by atoms with E-state index in [1.807, 2.05) is 60.7 Å². The smallest absolute Gasteiger partial charge is 0.184 e. The van der Waals surface area contributed by atoms with Crippen molar-refractivity contribution < 1.29 is 18.9 Å². The first kappa shape index (κ1) is 13.9. The summed E-state index contributed by atoms with van der Waals surface area (Å²) in [6, 6.07) is 19.9. The lowest BCUT2D eigenvalue weighted by atomic mass is 10.2. The van der Waals surface area contributed by atoms with Gasteiger partial charge in [-0.2, -0.15) is 0 Å². The third-order valence-corrected chi connectivity index (χ3v) is 3.98. The second-order valence-corrected chi connectivity index (χ2v) is 5.50. The minimum atomic E-state index is -0.353. The van der Waals surface area contributed by atoms with Crippen molar-refractivity contribution in [3.05, 3.63) is 71.8 Å². The highest BCUT2D eigenvalue weighted by Crippen LogP contribution is 2.35. The van der Waals surface area contributed by atoms with Gasteiger partial charge in [0.05, 0.1) is 13.2 Å². The van der Waals surface area contributed by atoms with Gasteiger partial charge in [0.25, 0.3) is 0 Å². The molecule has 4 rings (SSSR count). The van der Waals surface area contributed by atoms with E-state index in [9.17, 15) is 0 Å². The molecule has 4 heteroatoms. The van der Waals surface area contributed by atoms with E-state index in [0.717, 1.165) is 11.1 Å². The van der Waals surface area contributed by atoms with Crippen LogP contribution >= 0.6 is 0 Å². The lowest BCUT2D eigenvalue weighted by Gasteiger charge is -2.17. The van der Waals surface area contributed by atoms with Crippen LogP contribution in [-0.4, -0.2) is 25.4 Å². The van der Waals surface area contributed by atoms with E-state index >= 15 is 0 Å². The molecule has 22 heavy (non-hydrogen) atoms. The normalized spacial score (nSPS) is 31.5. The van der Waals surface area contributed by atoms with Crippen LogP contribution in [0.1, 0.15) is 23.7 Å². The molecule has 2 aliphatic rings. The van der Waals surface area contributed by atoms with Gasteiger partial charge in [0, 0.05) is 11.1 Å². The average Bonchev–Trinajstić information content (AvgIpc) is 2.90. The largest absolute Gasteiger partial charge is 0.346 e. The highest BCUT2D eigenvalue weighted by Gasteiger charge is 2.40. The SMILES string of the molecule is c1ccc(C2OCC3OC(c4ccccc4)OC3CO2)cc1. The first-order valence-corrected chi connectivity index (χ1v) is 7.54. The van der Waals surface area contributed by atoms with Crippen molar-refractivity contribution in [1.82, 2.24) is 0 Å². The Morgan fingerprint density at radius 3 is 1.55 bits per heavy atom. The first-order valence-electron chi connectivity index (χ1n) is 7.54. The van der Waals surface area contributed by atoms with E-state index in [-0.39, 0.29) is 24.8 Å². The van der Waals surface area contributed by atoms with Gasteiger partial charge in [0.15, 0.2) is 12.6 Å². The van der Waals surface area contributed by atoms with Crippen molar-refractivity contribution in [2.24, 2.45) is 0 Å². The molecule has 2 unspecified atom stereocenters. The lowest BCUT2D eigenvalue weighted by molar-refractivity contribution is -0.168. The van der Waals surface area contributed by atoms with Gasteiger partial charge in [0.2, 0.25) is 0 Å². The Balaban J connectivity index is 1.43. The van der Waals surface area contributed by atoms with Gasteiger partial charge in [-0.05, 0) is 0 Å². The molecule has 0 amide bonds. The molecule has 2 aliphatic heterocycles. The van der Waals surface area contributed by atoms with Gasteiger partial charge in [-0.1, -0.05) is 60.7 Å². The van der Waals surface area contributed by atoms with Gasteiger partial charge in [-0.3, -0.25) is 0 Å². The fourth-order valence-electron chi connectivity index (χ4n) is 2.80. The molecule has 2 heterocycles. The Morgan fingerprint density at radius 2 is 1.05 bits per heavy atom. The van der Waals surface area contributed by atoms with Crippen molar-refractivity contribution in [2.45, 2.75) is 24.8 Å². The Labute approximate surface area is 129 Å². The fraction of sp³-hybridized carbons (Fsp3) is 0.333. The molecule has 0 radical (unpaired) electrons. The average molecular weight is 298 g/mol. The summed E-state index contributed by atoms with van der Waals surface area (Å²) < 4.78 is 23.7. The molecule has 2 saturated heterocycles. The third-order valence-electron chi connectivity index (χ3n) is 3.98. The molecule has 2 atom stereocenters. The zero-order valence-electron chi connectivity index (χ0n) is 12.1. The van der Waals surface area contributed by atoms with E-state index in [2.05, 4.69) is 0 Å². The zero-order chi connectivity index (χ0) is 14.8. The van der Waals surface area contributed by atoms with Gasteiger partial charge in [-0.15, -0.1) is 0 Å². The summed E-state index contributed by atoms with van der Waals surface area (Å²) in [6.07, 6.45) is -0.885. The third kappa shape index (κ3) is 2.78. The van der Waals surface area contributed by atoms with Crippen LogP contribution in [0.5, 0.6) is 0 Å². The quantitative estimate of drug-likeness (QED) is 0.853. The number of ether oxygens (including phenoxy) is 4. The van der Waals surface area contributed by atoms with Crippen molar-refractivity contribution >= 4 is 0 Å². The highest BCUT2D eigenvalue weighted by molar-refractivity contribution is 5.18. The predicted octanol–water partition coefficient (Wildman–Crippen LogP) is 3.21. The molecule has 2 fully saturated rings. The summed E-state index contributed by atoms with van der Waals surface area (Å²) >= 11 is 0. The summed E-state index contributed by atoms with van der Waals surface area (Å²) in [7, 11) is 0. The molecular weight excluding hydrogens is 280 g/mol. The van der Waals surface area contributed by atoms with E-state index in [1.54, 1.807) is 0 Å². The Bertz CT molecular complexity index is 547. The summed E-state index contributed by atoms with van der Waals surface area (Å²) in [5.74, 6) is 0. The molecular formula is C18H18O4. The molecule has 0 bridgehead atoms. The minimum absolute atomic E-state index is 0.0982. The van der Waals surface area contributed by atoms with Crippen LogP contribution in [0.25, 0.3) is 0 Å². The standard InChI is InChI=1S/C18H18O4/c1-3-7-13(8-4-1)17-19-11-15-16(12-20-17)22-18(21-15)14-9-5-2-6-10-14/h1-10,15-18H,11-12H2. The Hall–Kier alpha value is -1.72. The van der Waals surface area contributed by atoms with E-state index in [1.165, 1.54) is 0 Å². The van der Waals surface area contributed by atoms with Crippen LogP contribution in [-0.2, 0) is 18.9 Å². The number of hydrogen-bond donors (Lipinski definition) is 0. The predicted molar refractivity (Wildman–Crippen MR) is 80.0 cm³/mol. The van der Waals surface area contributed by atoms with Crippen molar-refractivity contribution in [3.8, 4) is 0 Å². The highest BCUT2D eigenvalue weighted by atomic mass is 16.8. The van der Waals surface area contributed by atoms with Crippen molar-refractivity contribution in [2.75, 3.05) is 13.2 Å². The lowest BCUT2D eigenvalue weighted by Crippen LogP contribution is -2.27. The first-order chi connectivity index (χ1) is 10.9. The van der Waals surface area contributed by atoms with Crippen LogP contribution < -0.4 is 0 Å². The molecule has 0 aromatic heterocycles. The number of hydrogen-bond acceptors (Lipinski definition) is 4. The maximum atomic E-state index is 5.99. The van der Waals surface area contributed by atoms with Crippen LogP contribution in [0.3, 0.4) is 0 Å². The molecule has 4 nitrogen and oxygen atoms in total. The van der Waals surface area contributed by atoms with E-state index in [4.69, 9.17) is 18.9 Å². The fourth-order valence-corrected chi connectivity index (χ4v) is 2.80. The summed E-state index contributed by atoms with van der Waals surface area (Å²) in [4.78, 5) is 0. The molecule has 114 valence electrons. The Morgan fingerprint density at radius 1 is 0.591 bits per heavy atom. The topological polar surface area (TPSA) is 36.9 Å². The molecule has 0 saturated carbocycles. The minimum Gasteiger partial charge on any atom is -0.346 e. The van der Waals surface area contributed by atoms with E-state index < -0.39 is 0 Å². The summed E-state index contributed by atoms with van der Waals surface area (Å²) in [5, 5.41) is 0. The van der Waals surface area contributed by atoms with Gasteiger partial charge < -0.3 is 18.9 Å². The number of fused-ring (bicyclic) bond motifs is 1. The molecule has 0 aliphatic carbocycles. The zero-order valence-corrected chi connectivity index (χ0v) is 12.1. The van der Waals surface area contributed by atoms with E-state index in [0.29, 0.717) is 13.2 Å². The van der Waals surface area contributed by atoms with Gasteiger partial charge in [-0.25, -0.2) is 0 Å². The molecule has 2 aromatic rings. The van der Waals surface area contributed by atoms with Crippen molar-refractivity contribution in [3.63, 3.8) is 0 Å². The molecule has 2 aromatic carbocycles. The van der Waals surface area contributed by atoms with Crippen LogP contribution in [0.2, 0.25) is 0 Å². The molecule has 0 N–H and O–H groups in total. The Kier molecular flexibility index (Phi) is 3.91. The maximum absolute atomic E-state index is 5.99. The second-order valence-electron chi connectivity index (χ2n) is 5.50. The van der Waals surface area contributed by atoms with Gasteiger partial charge >= 0.3 is 0 Å². The summed E-state index contributed by atoms with van der Waals surface area (Å²) in [5.41, 5.74) is 2.04. The van der Waals surface area contributed by atoms with Crippen LogP contribution in [0.15, 0.2) is 60.7 Å². The molecule has 0 spiro atoms.